The van der Waals surface area contributed by atoms with Crippen LogP contribution in [0.5, 0.6) is 5.75 Å². The molecule has 1 aliphatic heterocycles. The van der Waals surface area contributed by atoms with Crippen LogP contribution in [0.25, 0.3) is 0 Å². The predicted molar refractivity (Wildman–Crippen MR) is 85.6 cm³/mol. The first kappa shape index (κ1) is 14.1. The molecule has 0 saturated heterocycles. The summed E-state index contributed by atoms with van der Waals surface area (Å²) in [6.07, 6.45) is 0. The fourth-order valence-corrected chi connectivity index (χ4v) is 2.86. The average Bonchev–Trinajstić information content (AvgIpc) is 2.97. The maximum absolute atomic E-state index is 12.3. The molecule has 0 radical (unpaired) electrons. The molecule has 1 amide bonds. The van der Waals surface area contributed by atoms with E-state index in [-0.39, 0.29) is 11.8 Å². The van der Waals surface area contributed by atoms with Crippen molar-refractivity contribution in [2.24, 2.45) is 0 Å². The van der Waals surface area contributed by atoms with E-state index in [2.05, 4.69) is 33.4 Å². The number of carbonyl (C=O) groups is 1. The minimum Gasteiger partial charge on any atom is -0.492 e. The zero-order valence-corrected chi connectivity index (χ0v) is 13.1. The van der Waals surface area contributed by atoms with Crippen LogP contribution in [-0.2, 0) is 16.7 Å². The number of ether oxygens (including phenoxy) is 1. The average molecular weight is 346 g/mol. The van der Waals surface area contributed by atoms with Crippen LogP contribution in [0.1, 0.15) is 22.6 Å². The summed E-state index contributed by atoms with van der Waals surface area (Å²) in [4.78, 5) is 12.3. The molecule has 1 aliphatic rings. The number of hydrogen-bond donors (Lipinski definition) is 1. The molecule has 3 nitrogen and oxygen atoms in total. The van der Waals surface area contributed by atoms with Crippen LogP contribution < -0.4 is 10.1 Å². The summed E-state index contributed by atoms with van der Waals surface area (Å²) in [5.74, 6) is 0.628. The summed E-state index contributed by atoms with van der Waals surface area (Å²) in [5, 5.41) is 3.82. The minimum absolute atomic E-state index is 0.0178. The molecule has 0 fully saturated rings. The first-order valence-electron chi connectivity index (χ1n) is 6.91. The lowest BCUT2D eigenvalue weighted by Gasteiger charge is -2.11. The van der Waals surface area contributed by atoms with Crippen molar-refractivity contribution < 1.29 is 9.53 Å². The summed E-state index contributed by atoms with van der Waals surface area (Å²) >= 11 is 3.44. The third-order valence-corrected chi connectivity index (χ3v) is 4.28. The smallest absolute Gasteiger partial charge is 0.231 e. The van der Waals surface area contributed by atoms with Crippen LogP contribution in [0.15, 0.2) is 48.5 Å². The molecule has 0 aliphatic carbocycles. The summed E-state index contributed by atoms with van der Waals surface area (Å²) < 4.78 is 5.55. The molecule has 0 spiro atoms. The molecule has 0 saturated carbocycles. The van der Waals surface area contributed by atoms with Crippen molar-refractivity contribution in [3.05, 3.63) is 65.2 Å². The maximum Gasteiger partial charge on any atom is 0.231 e. The van der Waals surface area contributed by atoms with E-state index in [1.165, 1.54) is 5.56 Å². The maximum atomic E-state index is 12.3. The Kier molecular flexibility index (Phi) is 4.25. The second-order valence-electron chi connectivity index (χ2n) is 5.07. The van der Waals surface area contributed by atoms with Crippen molar-refractivity contribution in [1.29, 1.82) is 0 Å². The lowest BCUT2D eigenvalue weighted by molar-refractivity contribution is -0.122. The Balaban J connectivity index is 1.65. The topological polar surface area (TPSA) is 38.3 Å². The van der Waals surface area contributed by atoms with E-state index >= 15 is 0 Å². The van der Waals surface area contributed by atoms with Gasteiger partial charge >= 0.3 is 0 Å². The van der Waals surface area contributed by atoms with Gasteiger partial charge in [-0.25, -0.2) is 0 Å². The summed E-state index contributed by atoms with van der Waals surface area (Å²) in [7, 11) is 0. The number of fused-ring (bicyclic) bond motifs is 1. The molecule has 0 bridgehead atoms. The van der Waals surface area contributed by atoms with E-state index < -0.39 is 0 Å². The zero-order chi connectivity index (χ0) is 14.7. The highest BCUT2D eigenvalue weighted by molar-refractivity contribution is 9.08. The second-order valence-corrected chi connectivity index (χ2v) is 5.63. The van der Waals surface area contributed by atoms with E-state index in [1.807, 2.05) is 36.4 Å². The molecule has 3 rings (SSSR count). The van der Waals surface area contributed by atoms with Gasteiger partial charge in [0.15, 0.2) is 0 Å². The van der Waals surface area contributed by atoms with Crippen molar-refractivity contribution >= 4 is 21.8 Å². The summed E-state index contributed by atoms with van der Waals surface area (Å²) in [6.45, 7) is 0.963. The zero-order valence-electron chi connectivity index (χ0n) is 11.5. The van der Waals surface area contributed by atoms with Crippen LogP contribution in [0.2, 0.25) is 0 Å². The van der Waals surface area contributed by atoms with Gasteiger partial charge in [0.1, 0.15) is 18.3 Å². The van der Waals surface area contributed by atoms with Gasteiger partial charge in [-0.05, 0) is 17.2 Å². The van der Waals surface area contributed by atoms with E-state index in [1.54, 1.807) is 0 Å². The van der Waals surface area contributed by atoms with Gasteiger partial charge in [0.25, 0.3) is 0 Å². The quantitative estimate of drug-likeness (QED) is 0.862. The third-order valence-electron chi connectivity index (χ3n) is 3.63. The van der Waals surface area contributed by atoms with E-state index in [9.17, 15) is 4.79 Å². The lowest BCUT2D eigenvalue weighted by atomic mass is 10.0. The van der Waals surface area contributed by atoms with Crippen LogP contribution in [-0.4, -0.2) is 12.5 Å². The largest absolute Gasteiger partial charge is 0.492 e. The SMILES string of the molecule is O=C(NCc1cccc(CBr)c1)C1COc2ccccc21. The number of hydrogen-bond acceptors (Lipinski definition) is 2. The van der Waals surface area contributed by atoms with Crippen molar-refractivity contribution in [2.75, 3.05) is 6.61 Å². The Hall–Kier alpha value is -1.81. The molecular weight excluding hydrogens is 330 g/mol. The lowest BCUT2D eigenvalue weighted by Crippen LogP contribution is -2.29. The molecule has 1 unspecified atom stereocenters. The van der Waals surface area contributed by atoms with Gasteiger partial charge < -0.3 is 10.1 Å². The van der Waals surface area contributed by atoms with Crippen molar-refractivity contribution in [2.45, 2.75) is 17.8 Å². The normalized spacial score (nSPS) is 16.1. The molecule has 4 heteroatoms. The van der Waals surface area contributed by atoms with Gasteiger partial charge in [0.2, 0.25) is 5.91 Å². The van der Waals surface area contributed by atoms with Crippen LogP contribution in [0.3, 0.4) is 0 Å². The van der Waals surface area contributed by atoms with E-state index in [0.717, 1.165) is 22.2 Å². The molecule has 0 aromatic heterocycles. The van der Waals surface area contributed by atoms with Gasteiger partial charge in [-0.15, -0.1) is 0 Å². The first-order chi connectivity index (χ1) is 10.3. The van der Waals surface area contributed by atoms with Crippen molar-refractivity contribution in [3.8, 4) is 5.75 Å². The Labute approximate surface area is 132 Å². The monoisotopic (exact) mass is 345 g/mol. The molecule has 2 aromatic carbocycles. The van der Waals surface area contributed by atoms with E-state index in [0.29, 0.717) is 13.2 Å². The highest BCUT2D eigenvalue weighted by atomic mass is 79.9. The van der Waals surface area contributed by atoms with Crippen molar-refractivity contribution in [1.82, 2.24) is 5.32 Å². The Bertz CT molecular complexity index is 657. The predicted octanol–water partition coefficient (Wildman–Crippen LogP) is 3.37. The number of alkyl halides is 1. The summed E-state index contributed by atoms with van der Waals surface area (Å²) in [6, 6.07) is 15.9. The van der Waals surface area contributed by atoms with Crippen molar-refractivity contribution in [3.63, 3.8) is 0 Å². The van der Waals surface area contributed by atoms with E-state index in [4.69, 9.17) is 4.74 Å². The molecule has 1 N–H and O–H groups in total. The molecule has 108 valence electrons. The fraction of sp³-hybridized carbons (Fsp3) is 0.235. The molecule has 21 heavy (non-hydrogen) atoms. The number of para-hydroxylation sites is 1. The number of nitrogens with one attached hydrogen (secondary N) is 1. The molecular formula is C17H16BrNO2. The Morgan fingerprint density at radius 3 is 2.86 bits per heavy atom. The van der Waals surface area contributed by atoms with Gasteiger partial charge in [-0.3, -0.25) is 4.79 Å². The molecule has 1 heterocycles. The standard InChI is InChI=1S/C17H16BrNO2/c18-9-12-4-3-5-13(8-12)10-19-17(20)15-11-21-16-7-2-1-6-14(15)16/h1-8,15H,9-11H2,(H,19,20). The number of carbonyl (C=O) groups excluding carboxylic acids is 1. The number of benzene rings is 2. The highest BCUT2D eigenvalue weighted by Crippen LogP contribution is 2.33. The Morgan fingerprint density at radius 2 is 2.00 bits per heavy atom. The fourth-order valence-electron chi connectivity index (χ4n) is 2.51. The first-order valence-corrected chi connectivity index (χ1v) is 8.03. The van der Waals surface area contributed by atoms with Gasteiger partial charge in [-0.2, -0.15) is 0 Å². The van der Waals surface area contributed by atoms with Gasteiger partial charge in [-0.1, -0.05) is 58.4 Å². The van der Waals surface area contributed by atoms with Gasteiger partial charge in [0.05, 0.1) is 0 Å². The summed E-state index contributed by atoms with van der Waals surface area (Å²) in [5.41, 5.74) is 3.29. The van der Waals surface area contributed by atoms with Gasteiger partial charge in [0, 0.05) is 17.4 Å². The third kappa shape index (κ3) is 3.10. The number of amides is 1. The molecule has 1 atom stereocenters. The number of rotatable bonds is 4. The van der Waals surface area contributed by atoms with Crippen LogP contribution in [0, 0.1) is 0 Å². The van der Waals surface area contributed by atoms with Crippen LogP contribution >= 0.6 is 15.9 Å². The Morgan fingerprint density at radius 1 is 1.19 bits per heavy atom. The molecule has 2 aromatic rings. The highest BCUT2D eigenvalue weighted by Gasteiger charge is 2.29. The van der Waals surface area contributed by atoms with Crippen LogP contribution in [0.4, 0.5) is 0 Å². The minimum atomic E-state index is -0.208. The number of halogens is 1. The second kappa shape index (κ2) is 6.31.